The number of amides is 2. The summed E-state index contributed by atoms with van der Waals surface area (Å²) in [4.78, 5) is 79.0. The van der Waals surface area contributed by atoms with Crippen molar-refractivity contribution in [3.8, 4) is 11.5 Å². The van der Waals surface area contributed by atoms with Gasteiger partial charge in [-0.25, -0.2) is 4.90 Å². The summed E-state index contributed by atoms with van der Waals surface area (Å²) in [5, 5.41) is 34.9. The van der Waals surface area contributed by atoms with Gasteiger partial charge in [0, 0.05) is 54.4 Å². The molecule has 2 aromatic rings. The highest BCUT2D eigenvalue weighted by Gasteiger charge is 2.57. The highest BCUT2D eigenvalue weighted by Crippen LogP contribution is 2.57. The largest absolute Gasteiger partial charge is 0.573 e. The van der Waals surface area contributed by atoms with Crippen LogP contribution in [0, 0.1) is 38.0 Å². The van der Waals surface area contributed by atoms with E-state index in [2.05, 4.69) is 4.74 Å². The SMILES string of the molecule is CC1=CC(=O)C2=C(C[C@@H]3C(=CC[C@@H]4C(=O)N(c5cc([N+](=O)[O-])c(N(C)C)c([N+](=O)[O-])c5)C(=O)[C@@H]43)[C@@H]2c2cc(OC(F)(F)F)ccc2O)C1=O. The number of anilines is 2. The number of phenols is 1. The summed E-state index contributed by atoms with van der Waals surface area (Å²) in [5.41, 5.74) is -2.25. The number of halogens is 3. The smallest absolute Gasteiger partial charge is 0.508 e. The molecule has 254 valence electrons. The summed E-state index contributed by atoms with van der Waals surface area (Å²) in [6.45, 7) is 1.40. The number of ketones is 2. The van der Waals surface area contributed by atoms with Crippen LogP contribution in [0.3, 0.4) is 0 Å². The van der Waals surface area contributed by atoms with Crippen molar-refractivity contribution in [2.45, 2.75) is 32.0 Å². The van der Waals surface area contributed by atoms with Crippen molar-refractivity contribution in [1.82, 2.24) is 0 Å². The van der Waals surface area contributed by atoms with Crippen LogP contribution in [0.5, 0.6) is 11.5 Å². The van der Waals surface area contributed by atoms with Crippen LogP contribution in [0.4, 0.5) is 35.9 Å². The van der Waals surface area contributed by atoms with Gasteiger partial charge < -0.3 is 14.7 Å². The molecular formula is C32H25F3N4O10. The van der Waals surface area contributed by atoms with E-state index in [0.29, 0.717) is 4.90 Å². The summed E-state index contributed by atoms with van der Waals surface area (Å²) in [5.74, 6) is -8.77. The van der Waals surface area contributed by atoms with Crippen LogP contribution in [0.15, 0.2) is 64.8 Å². The molecule has 0 aromatic heterocycles. The van der Waals surface area contributed by atoms with Crippen LogP contribution in [-0.4, -0.2) is 58.8 Å². The molecule has 0 unspecified atom stereocenters. The molecule has 3 aliphatic carbocycles. The van der Waals surface area contributed by atoms with Crippen molar-refractivity contribution in [2.24, 2.45) is 17.8 Å². The first-order valence-electron chi connectivity index (χ1n) is 14.7. The van der Waals surface area contributed by atoms with Gasteiger partial charge in [-0.1, -0.05) is 11.6 Å². The number of benzene rings is 2. The first-order chi connectivity index (χ1) is 22.9. The van der Waals surface area contributed by atoms with Gasteiger partial charge >= 0.3 is 17.7 Å². The highest BCUT2D eigenvalue weighted by molar-refractivity contribution is 6.25. The summed E-state index contributed by atoms with van der Waals surface area (Å²) in [6.07, 6.45) is -2.84. The van der Waals surface area contributed by atoms with Gasteiger partial charge in [-0.05, 0) is 50.0 Å². The molecule has 4 aliphatic rings. The highest BCUT2D eigenvalue weighted by atomic mass is 19.4. The number of ether oxygens (including phenoxy) is 1. The third kappa shape index (κ3) is 5.30. The molecule has 2 aromatic carbocycles. The van der Waals surface area contributed by atoms with Crippen LogP contribution in [0.2, 0.25) is 0 Å². The Kier molecular flexibility index (Phi) is 7.68. The number of alkyl halides is 3. The Morgan fingerprint density at radius 3 is 2.18 bits per heavy atom. The third-order valence-corrected chi connectivity index (χ3v) is 9.26. The second-order valence-corrected chi connectivity index (χ2v) is 12.3. The number of rotatable bonds is 6. The van der Waals surface area contributed by atoms with E-state index >= 15 is 0 Å². The molecule has 0 saturated carbocycles. The van der Waals surface area contributed by atoms with Crippen LogP contribution in [-0.2, 0) is 19.2 Å². The zero-order valence-electron chi connectivity index (χ0n) is 25.8. The van der Waals surface area contributed by atoms with E-state index in [9.17, 15) is 57.7 Å². The summed E-state index contributed by atoms with van der Waals surface area (Å²) >= 11 is 0. The molecular weight excluding hydrogens is 657 g/mol. The van der Waals surface area contributed by atoms with Gasteiger partial charge in [0.15, 0.2) is 17.3 Å². The lowest BCUT2D eigenvalue weighted by molar-refractivity contribution is -0.392. The van der Waals surface area contributed by atoms with Crippen LogP contribution >= 0.6 is 0 Å². The van der Waals surface area contributed by atoms with Gasteiger partial charge in [0.2, 0.25) is 11.8 Å². The number of hydrogen-bond acceptors (Lipinski definition) is 11. The number of nitro benzene ring substituents is 2. The number of aromatic hydroxyl groups is 1. The Labute approximate surface area is 274 Å². The van der Waals surface area contributed by atoms with Crippen molar-refractivity contribution in [3.05, 3.63) is 90.6 Å². The molecule has 17 heteroatoms. The molecule has 1 aliphatic heterocycles. The zero-order valence-corrected chi connectivity index (χ0v) is 25.8. The van der Waals surface area contributed by atoms with Crippen molar-refractivity contribution in [1.29, 1.82) is 0 Å². The zero-order chi connectivity index (χ0) is 35.9. The van der Waals surface area contributed by atoms with Gasteiger partial charge in [0.05, 0.1) is 27.4 Å². The second-order valence-electron chi connectivity index (χ2n) is 12.3. The Morgan fingerprint density at radius 2 is 1.61 bits per heavy atom. The van der Waals surface area contributed by atoms with Gasteiger partial charge in [-0.3, -0.25) is 39.4 Å². The lowest BCUT2D eigenvalue weighted by Crippen LogP contribution is -2.39. The topological polar surface area (TPSA) is 190 Å². The average Bonchev–Trinajstić information content (AvgIpc) is 3.27. The molecule has 1 heterocycles. The normalized spacial score (nSPS) is 23.4. The van der Waals surface area contributed by atoms with E-state index in [1.807, 2.05) is 0 Å². The van der Waals surface area contributed by atoms with Crippen molar-refractivity contribution >= 4 is 46.1 Å². The number of carbonyl (C=O) groups is 4. The molecule has 49 heavy (non-hydrogen) atoms. The molecule has 1 saturated heterocycles. The van der Waals surface area contributed by atoms with E-state index in [0.717, 1.165) is 41.3 Å². The van der Waals surface area contributed by atoms with E-state index in [1.54, 1.807) is 0 Å². The molecule has 0 spiro atoms. The first-order valence-corrected chi connectivity index (χ1v) is 14.7. The van der Waals surface area contributed by atoms with E-state index in [-0.39, 0.29) is 46.4 Å². The quantitative estimate of drug-likeness (QED) is 0.145. The number of allylic oxidation sites excluding steroid dienone is 6. The number of fused-ring (bicyclic) bond motifs is 3. The maximum absolute atomic E-state index is 14.2. The summed E-state index contributed by atoms with van der Waals surface area (Å²) in [6, 6.07) is 4.45. The molecule has 0 radical (unpaired) electrons. The summed E-state index contributed by atoms with van der Waals surface area (Å²) < 4.78 is 43.5. The van der Waals surface area contributed by atoms with Crippen LogP contribution in [0.25, 0.3) is 0 Å². The first kappa shape index (κ1) is 33.0. The summed E-state index contributed by atoms with van der Waals surface area (Å²) in [7, 11) is 2.70. The van der Waals surface area contributed by atoms with Crippen molar-refractivity contribution in [3.63, 3.8) is 0 Å². The van der Waals surface area contributed by atoms with Crippen molar-refractivity contribution in [2.75, 3.05) is 23.9 Å². The van der Waals surface area contributed by atoms with Gasteiger partial charge in [0.25, 0.3) is 0 Å². The molecule has 1 fully saturated rings. The van der Waals surface area contributed by atoms with Gasteiger partial charge in [-0.15, -0.1) is 13.2 Å². The molecule has 4 atom stereocenters. The van der Waals surface area contributed by atoms with E-state index in [1.165, 1.54) is 27.1 Å². The number of nitro groups is 2. The molecule has 6 rings (SSSR count). The standard InChI is InChI=1S/C32H25F3N4O10/c1-13-8-24(41)27-20(29(13)42)12-18-16(25(27)19-11-15(4-7-23(19)40)49-32(33,34)35)5-6-17-26(18)31(44)37(30(17)43)14-9-21(38(45)46)28(36(2)3)22(10-14)39(47)48/h4-5,7-11,17-18,25-26,40H,6,12H2,1-3H3/t17-,18+,25+,26-/m0/s1. The fourth-order valence-electron chi connectivity index (χ4n) is 7.41. The van der Waals surface area contributed by atoms with Crippen LogP contribution in [0.1, 0.15) is 31.2 Å². The number of phenolic OH excluding ortho intramolecular Hbond substituents is 1. The lowest BCUT2D eigenvalue weighted by Gasteiger charge is -2.42. The predicted molar refractivity (Wildman–Crippen MR) is 163 cm³/mol. The Morgan fingerprint density at radius 1 is 0.980 bits per heavy atom. The molecule has 0 bridgehead atoms. The molecule has 1 N–H and O–H groups in total. The minimum atomic E-state index is -5.10. The Bertz CT molecular complexity index is 1980. The number of carbonyl (C=O) groups excluding carboxylic acids is 4. The second kappa shape index (κ2) is 11.4. The Hall–Kier alpha value is -5.87. The predicted octanol–water partition coefficient (Wildman–Crippen LogP) is 4.81. The lowest BCUT2D eigenvalue weighted by atomic mass is 9.59. The minimum Gasteiger partial charge on any atom is -0.508 e. The average molecular weight is 683 g/mol. The maximum atomic E-state index is 14.2. The molecule has 14 nitrogen and oxygen atoms in total. The van der Waals surface area contributed by atoms with Crippen LogP contribution < -0.4 is 14.5 Å². The third-order valence-electron chi connectivity index (χ3n) is 9.26. The van der Waals surface area contributed by atoms with Gasteiger partial charge in [-0.2, -0.15) is 0 Å². The van der Waals surface area contributed by atoms with E-state index in [4.69, 9.17) is 0 Å². The maximum Gasteiger partial charge on any atom is 0.573 e. The monoisotopic (exact) mass is 682 g/mol. The number of Topliss-reactive ketones (excluding diaryl/α,β-unsaturated/α-hetero) is 1. The Balaban J connectivity index is 1.50. The number of nitrogens with zero attached hydrogens (tertiary/aromatic N) is 4. The van der Waals surface area contributed by atoms with Crippen molar-refractivity contribution < 1.29 is 52.0 Å². The number of imide groups is 1. The fraction of sp³-hybridized carbons (Fsp3) is 0.312. The minimum absolute atomic E-state index is 0.0420. The van der Waals surface area contributed by atoms with E-state index < -0.39 is 91.8 Å². The molecule has 2 amide bonds. The fourth-order valence-corrected chi connectivity index (χ4v) is 7.41. The number of hydrogen-bond donors (Lipinski definition) is 1. The van der Waals surface area contributed by atoms with Gasteiger partial charge in [0.1, 0.15) is 11.5 Å².